The van der Waals surface area contributed by atoms with Gasteiger partial charge < -0.3 is 5.32 Å². The fourth-order valence-corrected chi connectivity index (χ4v) is 4.23. The summed E-state index contributed by atoms with van der Waals surface area (Å²) in [6.45, 7) is -0.261. The molecule has 0 spiro atoms. The van der Waals surface area contributed by atoms with Crippen molar-refractivity contribution in [2.24, 2.45) is 0 Å². The maximum absolute atomic E-state index is 14.0. The summed E-state index contributed by atoms with van der Waals surface area (Å²) in [6, 6.07) is 9.35. The molecule has 1 amide bonds. The van der Waals surface area contributed by atoms with Gasteiger partial charge in [-0.3, -0.25) is 9.52 Å². The van der Waals surface area contributed by atoms with Gasteiger partial charge in [0.1, 0.15) is 5.69 Å². The monoisotopic (exact) mass is 490 g/mol. The normalized spacial score (nSPS) is 11.9. The minimum Gasteiger partial charge on any atom is -0.347 e. The highest BCUT2D eigenvalue weighted by Crippen LogP contribution is 2.34. The van der Waals surface area contributed by atoms with Gasteiger partial charge in [-0.15, -0.1) is 11.3 Å². The number of rotatable bonds is 6. The Balaban J connectivity index is 1.71. The fourth-order valence-electron chi connectivity index (χ4n) is 2.74. The van der Waals surface area contributed by atoms with Gasteiger partial charge in [-0.25, -0.2) is 17.2 Å². The predicted octanol–water partition coefficient (Wildman–Crippen LogP) is 5.01. The molecule has 0 saturated heterocycles. The topological polar surface area (TPSA) is 75.3 Å². The van der Waals surface area contributed by atoms with Crippen molar-refractivity contribution in [2.45, 2.75) is 12.7 Å². The van der Waals surface area contributed by atoms with Gasteiger partial charge in [0.25, 0.3) is 5.91 Å². The SMILES string of the molecule is CS(=O)(=O)Nc1c(F)cc(CNC(=O)c2ccc(-c3cccc(C(F)(F)F)c3)s2)cc1F. The first-order chi connectivity index (χ1) is 14.8. The van der Waals surface area contributed by atoms with Crippen LogP contribution in [0.2, 0.25) is 0 Å². The van der Waals surface area contributed by atoms with Crippen LogP contribution < -0.4 is 10.0 Å². The van der Waals surface area contributed by atoms with Crippen LogP contribution in [0.15, 0.2) is 48.5 Å². The zero-order chi connectivity index (χ0) is 23.7. The van der Waals surface area contributed by atoms with Crippen molar-refractivity contribution < 1.29 is 35.2 Å². The maximum atomic E-state index is 14.0. The van der Waals surface area contributed by atoms with Crippen LogP contribution in [0.4, 0.5) is 27.6 Å². The van der Waals surface area contributed by atoms with Crippen LogP contribution in [-0.2, 0) is 22.7 Å². The second-order valence-corrected chi connectivity index (χ2v) is 9.57. The van der Waals surface area contributed by atoms with Crippen LogP contribution >= 0.6 is 11.3 Å². The van der Waals surface area contributed by atoms with Crippen molar-refractivity contribution in [3.63, 3.8) is 0 Å². The molecule has 3 rings (SSSR count). The van der Waals surface area contributed by atoms with E-state index in [-0.39, 0.29) is 17.0 Å². The maximum Gasteiger partial charge on any atom is 0.416 e. The molecule has 32 heavy (non-hydrogen) atoms. The molecule has 5 nitrogen and oxygen atoms in total. The van der Waals surface area contributed by atoms with E-state index in [0.29, 0.717) is 10.4 Å². The molecule has 1 aromatic heterocycles. The molecule has 0 saturated carbocycles. The average molecular weight is 490 g/mol. The van der Waals surface area contributed by atoms with Gasteiger partial charge in [-0.2, -0.15) is 13.2 Å². The molecule has 2 N–H and O–H groups in total. The number of anilines is 1. The van der Waals surface area contributed by atoms with Crippen LogP contribution in [0.5, 0.6) is 0 Å². The number of carbonyl (C=O) groups is 1. The predicted molar refractivity (Wildman–Crippen MR) is 111 cm³/mol. The number of benzene rings is 2. The number of thiophene rings is 1. The van der Waals surface area contributed by atoms with Gasteiger partial charge in [0, 0.05) is 11.4 Å². The van der Waals surface area contributed by atoms with Crippen LogP contribution in [0.1, 0.15) is 20.8 Å². The molecule has 0 aliphatic rings. The highest BCUT2D eigenvalue weighted by atomic mass is 32.2. The quantitative estimate of drug-likeness (QED) is 0.477. The third-order valence-electron chi connectivity index (χ3n) is 4.15. The molecule has 0 radical (unpaired) electrons. The number of nitrogens with one attached hydrogen (secondary N) is 2. The highest BCUT2D eigenvalue weighted by Gasteiger charge is 2.30. The lowest BCUT2D eigenvalue weighted by molar-refractivity contribution is -0.137. The Morgan fingerprint density at radius 3 is 2.28 bits per heavy atom. The molecule has 3 aromatic rings. The Kier molecular flexibility index (Phi) is 6.56. The molecule has 0 fully saturated rings. The Morgan fingerprint density at radius 2 is 1.69 bits per heavy atom. The molecule has 1 heterocycles. The summed E-state index contributed by atoms with van der Waals surface area (Å²) in [5.41, 5.74) is -1.30. The minimum atomic E-state index is -4.50. The summed E-state index contributed by atoms with van der Waals surface area (Å²) in [5, 5.41) is 2.46. The Labute approximate surface area is 183 Å². The standard InChI is InChI=1S/C20H15F5N2O3S2/c1-32(29,30)27-18-14(21)7-11(8-15(18)22)10-26-19(28)17-6-5-16(31-17)12-3-2-4-13(9-12)20(23,24)25/h2-9,27H,10H2,1H3,(H,26,28). The van der Waals surface area contributed by atoms with Gasteiger partial charge >= 0.3 is 6.18 Å². The molecule has 0 aliphatic heterocycles. The first kappa shape index (κ1) is 23.7. The lowest BCUT2D eigenvalue weighted by atomic mass is 10.1. The zero-order valence-corrected chi connectivity index (χ0v) is 17.9. The number of sulfonamides is 1. The van der Waals surface area contributed by atoms with Crippen LogP contribution in [0.3, 0.4) is 0 Å². The number of alkyl halides is 3. The highest BCUT2D eigenvalue weighted by molar-refractivity contribution is 7.92. The average Bonchev–Trinajstić information content (AvgIpc) is 3.18. The van der Waals surface area contributed by atoms with Crippen LogP contribution in [-0.4, -0.2) is 20.6 Å². The van der Waals surface area contributed by atoms with E-state index in [1.807, 2.05) is 0 Å². The van der Waals surface area contributed by atoms with E-state index in [0.717, 1.165) is 41.9 Å². The summed E-state index contributed by atoms with van der Waals surface area (Å²) in [4.78, 5) is 13.0. The van der Waals surface area contributed by atoms with E-state index in [2.05, 4.69) is 5.32 Å². The molecule has 0 aliphatic carbocycles. The van der Waals surface area contributed by atoms with Crippen molar-refractivity contribution >= 4 is 33.0 Å². The number of hydrogen-bond donors (Lipinski definition) is 2. The molecule has 0 unspecified atom stereocenters. The van der Waals surface area contributed by atoms with E-state index in [1.165, 1.54) is 24.3 Å². The van der Waals surface area contributed by atoms with Crippen molar-refractivity contribution in [3.05, 3.63) is 76.2 Å². The first-order valence-corrected chi connectivity index (χ1v) is 11.6. The van der Waals surface area contributed by atoms with E-state index >= 15 is 0 Å². The molecular weight excluding hydrogens is 475 g/mol. The van der Waals surface area contributed by atoms with E-state index < -0.39 is 45.0 Å². The second kappa shape index (κ2) is 8.87. The molecule has 0 bridgehead atoms. The summed E-state index contributed by atoms with van der Waals surface area (Å²) >= 11 is 0.959. The largest absolute Gasteiger partial charge is 0.416 e. The molecule has 12 heteroatoms. The smallest absolute Gasteiger partial charge is 0.347 e. The Bertz CT molecular complexity index is 1250. The molecule has 170 valence electrons. The lowest BCUT2D eigenvalue weighted by Crippen LogP contribution is -2.22. The number of halogens is 5. The summed E-state index contributed by atoms with van der Waals surface area (Å²) in [5.74, 6) is -2.89. The van der Waals surface area contributed by atoms with Gasteiger partial charge in [-0.05, 0) is 47.5 Å². The molecule has 0 atom stereocenters. The summed E-state index contributed by atoms with van der Waals surface area (Å²) in [7, 11) is -3.89. The van der Waals surface area contributed by atoms with E-state index in [4.69, 9.17) is 0 Å². The van der Waals surface area contributed by atoms with E-state index in [1.54, 1.807) is 4.72 Å². The summed E-state index contributed by atoms with van der Waals surface area (Å²) < 4.78 is 90.8. The van der Waals surface area contributed by atoms with E-state index in [9.17, 15) is 35.2 Å². The van der Waals surface area contributed by atoms with Crippen molar-refractivity contribution in [3.8, 4) is 10.4 Å². The third kappa shape index (κ3) is 5.82. The fraction of sp³-hybridized carbons (Fsp3) is 0.150. The van der Waals surface area contributed by atoms with Crippen molar-refractivity contribution in [1.82, 2.24) is 5.32 Å². The second-order valence-electron chi connectivity index (χ2n) is 6.73. The van der Waals surface area contributed by atoms with Crippen molar-refractivity contribution in [2.75, 3.05) is 11.0 Å². The van der Waals surface area contributed by atoms with Gasteiger partial charge in [0.2, 0.25) is 10.0 Å². The van der Waals surface area contributed by atoms with Gasteiger partial charge in [0.05, 0.1) is 16.7 Å². The molecule has 2 aromatic carbocycles. The van der Waals surface area contributed by atoms with Gasteiger partial charge in [-0.1, -0.05) is 12.1 Å². The zero-order valence-electron chi connectivity index (χ0n) is 16.3. The minimum absolute atomic E-state index is 0.0436. The Morgan fingerprint density at radius 1 is 1.03 bits per heavy atom. The molecular formula is C20H15F5N2O3S2. The van der Waals surface area contributed by atoms with Crippen LogP contribution in [0.25, 0.3) is 10.4 Å². The number of carbonyl (C=O) groups excluding carboxylic acids is 1. The lowest BCUT2D eigenvalue weighted by Gasteiger charge is -2.10. The number of amides is 1. The third-order valence-corrected chi connectivity index (χ3v) is 5.85. The first-order valence-electron chi connectivity index (χ1n) is 8.85. The Hall–Kier alpha value is -2.99. The van der Waals surface area contributed by atoms with Gasteiger partial charge in [0.15, 0.2) is 11.6 Å². The number of hydrogen-bond acceptors (Lipinski definition) is 4. The van der Waals surface area contributed by atoms with Crippen LogP contribution in [0, 0.1) is 11.6 Å². The van der Waals surface area contributed by atoms with Crippen molar-refractivity contribution in [1.29, 1.82) is 0 Å². The summed E-state index contributed by atoms with van der Waals surface area (Å²) in [6.07, 6.45) is -3.75.